The van der Waals surface area contributed by atoms with Crippen LogP contribution in [0.3, 0.4) is 0 Å². The number of amides is 1. The molecule has 1 unspecified atom stereocenters. The van der Waals surface area contributed by atoms with Crippen molar-refractivity contribution in [3.63, 3.8) is 0 Å². The predicted octanol–water partition coefficient (Wildman–Crippen LogP) is 1.14. The van der Waals surface area contributed by atoms with Gasteiger partial charge in [-0.25, -0.2) is 4.79 Å². The number of ether oxygens (including phenoxy) is 1. The van der Waals surface area contributed by atoms with E-state index >= 15 is 0 Å². The fourth-order valence-corrected chi connectivity index (χ4v) is 1.10. The molecule has 5 heteroatoms. The van der Waals surface area contributed by atoms with Crippen molar-refractivity contribution < 1.29 is 19.7 Å². The summed E-state index contributed by atoms with van der Waals surface area (Å²) in [5.41, 5.74) is 0.988. The number of hydrogen-bond donors (Lipinski definition) is 2. The van der Waals surface area contributed by atoms with Crippen LogP contribution in [0, 0.1) is 0 Å². The second kappa shape index (κ2) is 6.78. The maximum Gasteiger partial charge on any atom is 0.433 e. The zero-order chi connectivity index (χ0) is 12.7. The van der Waals surface area contributed by atoms with E-state index in [9.17, 15) is 9.90 Å². The Morgan fingerprint density at radius 2 is 2.06 bits per heavy atom. The number of hydrogen-bond acceptors (Lipinski definition) is 4. The number of rotatable bonds is 4. The van der Waals surface area contributed by atoms with Gasteiger partial charge in [0, 0.05) is 0 Å². The van der Waals surface area contributed by atoms with Crippen LogP contribution < -0.4 is 0 Å². The molecule has 1 aromatic rings. The molecule has 0 saturated carbocycles. The number of aliphatic hydroxyl groups is 2. The standard InChI is InChI=1S/C12H15NO4/c1-9(11(15)7-14)13-12(16)17-8-10-5-3-2-4-6-10/h2-6,11,14-15H,7-8H2,1H3/b13-9+. The molecule has 5 nitrogen and oxygen atoms in total. The number of aliphatic hydroxyl groups excluding tert-OH is 2. The molecule has 0 spiro atoms. The predicted molar refractivity (Wildman–Crippen MR) is 62.8 cm³/mol. The van der Waals surface area contributed by atoms with Gasteiger partial charge in [0.25, 0.3) is 0 Å². The summed E-state index contributed by atoms with van der Waals surface area (Å²) in [6.07, 6.45) is -1.90. The van der Waals surface area contributed by atoms with E-state index < -0.39 is 18.8 Å². The number of carbonyl (C=O) groups is 1. The lowest BCUT2D eigenvalue weighted by Gasteiger charge is -2.06. The van der Waals surface area contributed by atoms with Gasteiger partial charge in [-0.2, -0.15) is 4.99 Å². The van der Waals surface area contributed by atoms with Crippen LogP contribution in [0.25, 0.3) is 0 Å². The second-order valence-electron chi connectivity index (χ2n) is 3.49. The molecule has 0 aliphatic carbocycles. The van der Waals surface area contributed by atoms with E-state index in [4.69, 9.17) is 9.84 Å². The van der Waals surface area contributed by atoms with Gasteiger partial charge in [-0.1, -0.05) is 30.3 Å². The number of carbonyl (C=O) groups excluding carboxylic acids is 1. The van der Waals surface area contributed by atoms with Crippen molar-refractivity contribution in [2.75, 3.05) is 6.61 Å². The average Bonchev–Trinajstić information content (AvgIpc) is 2.36. The fourth-order valence-electron chi connectivity index (χ4n) is 1.10. The number of aliphatic imine (C=N–C) groups is 1. The molecule has 17 heavy (non-hydrogen) atoms. The van der Waals surface area contributed by atoms with Gasteiger partial charge in [-0.05, 0) is 12.5 Å². The number of benzene rings is 1. The Hall–Kier alpha value is -1.72. The van der Waals surface area contributed by atoms with E-state index in [1.165, 1.54) is 6.92 Å². The van der Waals surface area contributed by atoms with Crippen molar-refractivity contribution in [1.29, 1.82) is 0 Å². The highest BCUT2D eigenvalue weighted by Gasteiger charge is 2.09. The first kappa shape index (κ1) is 13.3. The fraction of sp³-hybridized carbons (Fsp3) is 0.333. The number of nitrogens with zero attached hydrogens (tertiary/aromatic N) is 1. The van der Waals surface area contributed by atoms with Crippen molar-refractivity contribution in [3.05, 3.63) is 35.9 Å². The minimum atomic E-state index is -1.13. The molecule has 0 aliphatic heterocycles. The third kappa shape index (κ3) is 4.76. The second-order valence-corrected chi connectivity index (χ2v) is 3.49. The summed E-state index contributed by atoms with van der Waals surface area (Å²) in [7, 11) is 0. The maximum atomic E-state index is 11.2. The average molecular weight is 237 g/mol. The highest BCUT2D eigenvalue weighted by atomic mass is 16.5. The van der Waals surface area contributed by atoms with Gasteiger partial charge in [0.05, 0.1) is 12.3 Å². The monoisotopic (exact) mass is 237 g/mol. The lowest BCUT2D eigenvalue weighted by Crippen LogP contribution is -2.22. The van der Waals surface area contributed by atoms with Crippen molar-refractivity contribution >= 4 is 11.8 Å². The quantitative estimate of drug-likeness (QED) is 0.769. The molecule has 2 N–H and O–H groups in total. The molecule has 0 fully saturated rings. The van der Waals surface area contributed by atoms with Gasteiger partial charge in [0.2, 0.25) is 0 Å². The molecular weight excluding hydrogens is 222 g/mol. The van der Waals surface area contributed by atoms with Crippen molar-refractivity contribution in [3.8, 4) is 0 Å². The molecule has 0 radical (unpaired) electrons. The summed E-state index contributed by atoms with van der Waals surface area (Å²) in [4.78, 5) is 14.8. The smallest absolute Gasteiger partial charge is 0.433 e. The molecule has 0 aliphatic rings. The van der Waals surface area contributed by atoms with Crippen LogP contribution in [0.15, 0.2) is 35.3 Å². The zero-order valence-electron chi connectivity index (χ0n) is 9.54. The van der Waals surface area contributed by atoms with Crippen LogP contribution >= 0.6 is 0 Å². The van der Waals surface area contributed by atoms with E-state index in [1.54, 1.807) is 0 Å². The van der Waals surface area contributed by atoms with Gasteiger partial charge in [-0.3, -0.25) is 0 Å². The van der Waals surface area contributed by atoms with Gasteiger partial charge < -0.3 is 14.9 Å². The SMILES string of the molecule is C/C(=N\C(=O)OCc1ccccc1)C(O)CO. The van der Waals surface area contributed by atoms with Crippen LogP contribution in [0.5, 0.6) is 0 Å². The lowest BCUT2D eigenvalue weighted by molar-refractivity contribution is 0.139. The van der Waals surface area contributed by atoms with Gasteiger partial charge >= 0.3 is 6.09 Å². The molecule has 0 bridgehead atoms. The van der Waals surface area contributed by atoms with E-state index in [2.05, 4.69) is 4.99 Å². The topological polar surface area (TPSA) is 79.1 Å². The van der Waals surface area contributed by atoms with Crippen LogP contribution in [0.2, 0.25) is 0 Å². The highest BCUT2D eigenvalue weighted by molar-refractivity contribution is 5.94. The Labute approximate surface area is 99.4 Å². The molecule has 92 valence electrons. The summed E-state index contributed by atoms with van der Waals surface area (Å²) in [5, 5.41) is 17.8. The zero-order valence-corrected chi connectivity index (χ0v) is 9.54. The first-order valence-electron chi connectivity index (χ1n) is 5.18. The van der Waals surface area contributed by atoms with Crippen molar-refractivity contribution in [2.45, 2.75) is 19.6 Å². The minimum Gasteiger partial charge on any atom is -0.443 e. The third-order valence-electron chi connectivity index (χ3n) is 2.13. The van der Waals surface area contributed by atoms with E-state index in [-0.39, 0.29) is 12.3 Å². The van der Waals surface area contributed by atoms with Gasteiger partial charge in [-0.15, -0.1) is 0 Å². The molecule has 1 aromatic carbocycles. The Morgan fingerprint density at radius 1 is 1.41 bits per heavy atom. The van der Waals surface area contributed by atoms with E-state index in [0.717, 1.165) is 5.56 Å². The van der Waals surface area contributed by atoms with Crippen LogP contribution in [-0.2, 0) is 11.3 Å². The highest BCUT2D eigenvalue weighted by Crippen LogP contribution is 2.02. The van der Waals surface area contributed by atoms with E-state index in [0.29, 0.717) is 0 Å². The molecule has 1 rings (SSSR count). The Balaban J connectivity index is 2.45. The Kier molecular flexibility index (Phi) is 5.32. The first-order chi connectivity index (χ1) is 8.13. The normalized spacial score (nSPS) is 13.2. The largest absolute Gasteiger partial charge is 0.443 e. The van der Waals surface area contributed by atoms with Crippen LogP contribution in [-0.4, -0.2) is 34.7 Å². The summed E-state index contributed by atoms with van der Waals surface area (Å²) < 4.78 is 4.87. The summed E-state index contributed by atoms with van der Waals surface area (Å²) in [6, 6.07) is 9.20. The van der Waals surface area contributed by atoms with Crippen molar-refractivity contribution in [2.24, 2.45) is 4.99 Å². The third-order valence-corrected chi connectivity index (χ3v) is 2.13. The van der Waals surface area contributed by atoms with Crippen LogP contribution in [0.1, 0.15) is 12.5 Å². The molecular formula is C12H15NO4. The first-order valence-corrected chi connectivity index (χ1v) is 5.18. The molecule has 1 atom stereocenters. The van der Waals surface area contributed by atoms with Crippen molar-refractivity contribution in [1.82, 2.24) is 0 Å². The maximum absolute atomic E-state index is 11.2. The molecule has 1 amide bonds. The van der Waals surface area contributed by atoms with Gasteiger partial charge in [0.15, 0.2) is 0 Å². The lowest BCUT2D eigenvalue weighted by atomic mass is 10.2. The Bertz CT molecular complexity index is 389. The van der Waals surface area contributed by atoms with E-state index in [1.807, 2.05) is 30.3 Å². The van der Waals surface area contributed by atoms with Gasteiger partial charge in [0.1, 0.15) is 12.7 Å². The molecule has 0 aromatic heterocycles. The molecule has 0 saturated heterocycles. The molecule has 0 heterocycles. The Morgan fingerprint density at radius 3 is 2.65 bits per heavy atom. The minimum absolute atomic E-state index is 0.130. The summed E-state index contributed by atoms with van der Waals surface area (Å²) in [6.45, 7) is 1.11. The van der Waals surface area contributed by atoms with Crippen LogP contribution in [0.4, 0.5) is 4.79 Å². The summed E-state index contributed by atoms with van der Waals surface area (Å²) in [5.74, 6) is 0. The summed E-state index contributed by atoms with van der Waals surface area (Å²) >= 11 is 0.